The van der Waals surface area contributed by atoms with Crippen LogP contribution in [0.5, 0.6) is 5.88 Å². The van der Waals surface area contributed by atoms with Crippen LogP contribution in [-0.4, -0.2) is 65.1 Å². The summed E-state index contributed by atoms with van der Waals surface area (Å²) in [6, 6.07) is 16.4. The molecule has 11 nitrogen and oxygen atoms in total. The van der Waals surface area contributed by atoms with Crippen molar-refractivity contribution in [3.8, 4) is 22.8 Å². The average Bonchev–Trinajstić information content (AvgIpc) is 3.49. The van der Waals surface area contributed by atoms with Gasteiger partial charge in [0.1, 0.15) is 11.6 Å². The molecule has 5 rings (SSSR count). The lowest BCUT2D eigenvalue weighted by Crippen LogP contribution is -2.40. The first-order chi connectivity index (χ1) is 22.2. The largest absolute Gasteiger partial charge is 0.481 e. The topological polar surface area (TPSA) is 140 Å². The normalized spacial score (nSPS) is 15.6. The van der Waals surface area contributed by atoms with Crippen LogP contribution in [0.2, 0.25) is 0 Å². The highest BCUT2D eigenvalue weighted by Crippen LogP contribution is 2.32. The van der Waals surface area contributed by atoms with E-state index in [2.05, 4.69) is 19.8 Å². The number of aromatic nitrogens is 4. The van der Waals surface area contributed by atoms with Crippen molar-refractivity contribution in [3.63, 3.8) is 0 Å². The molecule has 4 aromatic rings. The van der Waals surface area contributed by atoms with E-state index in [4.69, 9.17) is 4.74 Å². The molecule has 2 N–H and O–H groups in total. The van der Waals surface area contributed by atoms with Crippen LogP contribution in [0.15, 0.2) is 71.9 Å². The summed E-state index contributed by atoms with van der Waals surface area (Å²) in [4.78, 5) is 22.8. The molecule has 0 atom stereocenters. The number of fused-ring (bicyclic) bond motifs is 6. The van der Waals surface area contributed by atoms with Crippen LogP contribution < -0.4 is 14.4 Å². The standard InChI is InChI=1S/C32H35F3N6O5S/c1-31(2,30(42)43)20-40-18-8-4-3-5-10-22-11-6-7-12-23(22)29-24(41-19-17-27(38-41)46-21-32(33,34)35)15-16-25(36-29)39-47(44,45)28-14-9-13-26(40)37-28/h6-7,9,11-17,19H,3-5,8,10,18,20-21H2,1-2H3,(H,36,39)(H,42,43). The maximum Gasteiger partial charge on any atom is 0.422 e. The van der Waals surface area contributed by atoms with Crippen LogP contribution in [-0.2, 0) is 21.2 Å². The van der Waals surface area contributed by atoms with Crippen molar-refractivity contribution in [2.45, 2.75) is 57.2 Å². The van der Waals surface area contributed by atoms with Gasteiger partial charge in [0, 0.05) is 30.9 Å². The van der Waals surface area contributed by atoms with Crippen LogP contribution in [0.4, 0.5) is 24.8 Å². The van der Waals surface area contributed by atoms with Gasteiger partial charge < -0.3 is 14.7 Å². The molecule has 3 aromatic heterocycles. The van der Waals surface area contributed by atoms with Crippen molar-refractivity contribution in [2.24, 2.45) is 5.41 Å². The highest BCUT2D eigenvalue weighted by atomic mass is 32.2. The number of carboxylic acids is 1. The number of carbonyl (C=O) groups is 1. The first-order valence-corrected chi connectivity index (χ1v) is 16.5. The fourth-order valence-electron chi connectivity index (χ4n) is 5.25. The third-order valence-corrected chi connectivity index (χ3v) is 8.93. The summed E-state index contributed by atoms with van der Waals surface area (Å²) in [5, 5.41) is 13.7. The Bertz CT molecular complexity index is 1840. The van der Waals surface area contributed by atoms with Gasteiger partial charge in [-0.1, -0.05) is 43.2 Å². The van der Waals surface area contributed by atoms with Gasteiger partial charge in [-0.3, -0.25) is 9.52 Å². The van der Waals surface area contributed by atoms with Gasteiger partial charge in [0.2, 0.25) is 5.88 Å². The number of alkyl halides is 3. The Morgan fingerprint density at radius 3 is 2.51 bits per heavy atom. The van der Waals surface area contributed by atoms with E-state index in [0.717, 1.165) is 31.2 Å². The fourth-order valence-corrected chi connectivity index (χ4v) is 6.21. The number of ether oxygens (including phenoxy) is 1. The molecule has 15 heteroatoms. The second kappa shape index (κ2) is 13.6. The Labute approximate surface area is 270 Å². The lowest BCUT2D eigenvalue weighted by molar-refractivity contribution is -0.154. The molecule has 0 fully saturated rings. The number of benzene rings is 1. The molecule has 0 amide bonds. The van der Waals surface area contributed by atoms with Crippen molar-refractivity contribution < 1.29 is 36.2 Å². The minimum absolute atomic E-state index is 0.0142. The third kappa shape index (κ3) is 8.39. The molecule has 0 saturated heterocycles. The minimum atomic E-state index is -4.53. The maximum absolute atomic E-state index is 13.6. The second-order valence-electron chi connectivity index (χ2n) is 11.9. The van der Waals surface area contributed by atoms with Gasteiger partial charge in [-0.25, -0.2) is 14.6 Å². The number of pyridine rings is 2. The van der Waals surface area contributed by atoms with E-state index >= 15 is 0 Å². The maximum atomic E-state index is 13.6. The van der Waals surface area contributed by atoms with Crippen LogP contribution >= 0.6 is 0 Å². The Balaban J connectivity index is 1.56. The average molecular weight is 673 g/mol. The molecule has 47 heavy (non-hydrogen) atoms. The molecule has 250 valence electrons. The van der Waals surface area contributed by atoms with Crippen molar-refractivity contribution in [1.82, 2.24) is 19.7 Å². The van der Waals surface area contributed by atoms with E-state index in [9.17, 15) is 31.5 Å². The summed E-state index contributed by atoms with van der Waals surface area (Å²) in [6.45, 7) is 2.35. The van der Waals surface area contributed by atoms with Gasteiger partial charge in [0.15, 0.2) is 11.6 Å². The quantitative estimate of drug-likeness (QED) is 0.249. The number of anilines is 2. The molecular formula is C32H35F3N6O5S. The number of aliphatic carboxylic acids is 1. The van der Waals surface area contributed by atoms with E-state index in [-0.39, 0.29) is 23.3 Å². The van der Waals surface area contributed by atoms with Crippen molar-refractivity contribution in [2.75, 3.05) is 29.3 Å². The van der Waals surface area contributed by atoms with Crippen LogP contribution in [0.25, 0.3) is 16.9 Å². The summed E-state index contributed by atoms with van der Waals surface area (Å²) in [5.41, 5.74) is 1.31. The van der Waals surface area contributed by atoms with Crippen molar-refractivity contribution in [3.05, 3.63) is 72.4 Å². The van der Waals surface area contributed by atoms with Crippen molar-refractivity contribution in [1.29, 1.82) is 0 Å². The Hall–Kier alpha value is -4.66. The summed E-state index contributed by atoms with van der Waals surface area (Å²) < 4.78 is 74.1. The lowest BCUT2D eigenvalue weighted by Gasteiger charge is -2.31. The second-order valence-corrected chi connectivity index (χ2v) is 13.6. The van der Waals surface area contributed by atoms with E-state index < -0.39 is 34.2 Å². The Morgan fingerprint density at radius 2 is 1.74 bits per heavy atom. The lowest BCUT2D eigenvalue weighted by atomic mass is 9.93. The monoisotopic (exact) mass is 672 g/mol. The zero-order valence-corrected chi connectivity index (χ0v) is 26.7. The fraction of sp³-hybridized carbons (Fsp3) is 0.375. The summed E-state index contributed by atoms with van der Waals surface area (Å²) in [5.74, 6) is -0.885. The number of carboxylic acid groups (broad SMARTS) is 1. The Kier molecular flexibility index (Phi) is 9.75. The van der Waals surface area contributed by atoms with Crippen LogP contribution in [0.3, 0.4) is 0 Å². The number of nitrogens with one attached hydrogen (secondary N) is 1. The summed E-state index contributed by atoms with van der Waals surface area (Å²) >= 11 is 0. The number of hydrogen-bond acceptors (Lipinski definition) is 8. The van der Waals surface area contributed by atoms with E-state index in [1.807, 2.05) is 29.2 Å². The molecule has 4 heterocycles. The molecule has 0 aliphatic carbocycles. The molecule has 1 aromatic carbocycles. The van der Waals surface area contributed by atoms with Gasteiger partial charge in [0.05, 0.1) is 16.8 Å². The predicted octanol–water partition coefficient (Wildman–Crippen LogP) is 6.10. The van der Waals surface area contributed by atoms with Gasteiger partial charge in [-0.15, -0.1) is 5.10 Å². The molecule has 4 bridgehead atoms. The summed E-state index contributed by atoms with van der Waals surface area (Å²) in [6.07, 6.45) is 0.899. The van der Waals surface area contributed by atoms with Gasteiger partial charge in [-0.05, 0) is 62.9 Å². The highest BCUT2D eigenvalue weighted by molar-refractivity contribution is 7.92. The number of nitrogens with zero attached hydrogens (tertiary/aromatic N) is 5. The van der Waals surface area contributed by atoms with Gasteiger partial charge >= 0.3 is 12.1 Å². The molecule has 0 saturated carbocycles. The number of halogens is 3. The molecule has 0 spiro atoms. The van der Waals surface area contributed by atoms with E-state index in [0.29, 0.717) is 35.7 Å². The molecule has 0 unspecified atom stereocenters. The smallest absolute Gasteiger partial charge is 0.422 e. The molecule has 1 aliphatic heterocycles. The summed E-state index contributed by atoms with van der Waals surface area (Å²) in [7, 11) is -4.26. The van der Waals surface area contributed by atoms with Gasteiger partial charge in [0.25, 0.3) is 10.0 Å². The third-order valence-electron chi connectivity index (χ3n) is 7.68. The number of hydrogen-bond donors (Lipinski definition) is 2. The zero-order valence-electron chi connectivity index (χ0n) is 25.9. The van der Waals surface area contributed by atoms with E-state index in [1.165, 1.54) is 29.1 Å². The van der Waals surface area contributed by atoms with Crippen LogP contribution in [0.1, 0.15) is 45.1 Å². The SMILES string of the molecule is CC(C)(CN1CCCCCCc2ccccc2-c2nc(ccc2-n2ccc(OCC(F)(F)F)n2)NS(=O)(=O)c2cccc1n2)C(=O)O. The molecule has 0 radical (unpaired) electrons. The van der Waals surface area contributed by atoms with E-state index in [1.54, 1.807) is 32.0 Å². The predicted molar refractivity (Wildman–Crippen MR) is 169 cm³/mol. The first-order valence-electron chi connectivity index (χ1n) is 15.0. The van der Waals surface area contributed by atoms with Crippen molar-refractivity contribution >= 4 is 27.6 Å². The zero-order chi connectivity index (χ0) is 33.8. The van der Waals surface area contributed by atoms with Gasteiger partial charge in [-0.2, -0.15) is 21.6 Å². The van der Waals surface area contributed by atoms with Crippen LogP contribution in [0, 0.1) is 5.41 Å². The number of aryl methyl sites for hydroxylation is 1. The minimum Gasteiger partial charge on any atom is -0.481 e. The highest BCUT2D eigenvalue weighted by Gasteiger charge is 2.31. The first kappa shape index (κ1) is 33.7. The molecule has 1 aliphatic rings. The Morgan fingerprint density at radius 1 is 0.979 bits per heavy atom. The molecular weight excluding hydrogens is 637 g/mol. The number of sulfonamides is 1. The number of rotatable bonds is 6.